The van der Waals surface area contributed by atoms with E-state index in [1.165, 1.54) is 25.7 Å². The minimum absolute atomic E-state index is 0. The summed E-state index contributed by atoms with van der Waals surface area (Å²) in [4.78, 5) is 4.32. The average Bonchev–Trinajstić information content (AvgIpc) is 2.99. The van der Waals surface area contributed by atoms with Gasteiger partial charge in [0.1, 0.15) is 0 Å². The first-order valence-corrected chi connectivity index (χ1v) is 8.86. The topological polar surface area (TPSA) is 54.9 Å². The van der Waals surface area contributed by atoms with Gasteiger partial charge in [0.25, 0.3) is 0 Å². The predicted molar refractivity (Wildman–Crippen MR) is 108 cm³/mol. The van der Waals surface area contributed by atoms with E-state index in [2.05, 4.69) is 22.5 Å². The van der Waals surface area contributed by atoms with Crippen LogP contribution in [0.25, 0.3) is 0 Å². The van der Waals surface area contributed by atoms with E-state index in [1.807, 2.05) is 14.0 Å². The summed E-state index contributed by atoms with van der Waals surface area (Å²) >= 11 is 0. The molecular formula is C17H36IN3O2. The van der Waals surface area contributed by atoms with E-state index in [0.29, 0.717) is 5.41 Å². The van der Waals surface area contributed by atoms with Gasteiger partial charge in [-0.25, -0.2) is 0 Å². The van der Waals surface area contributed by atoms with Crippen LogP contribution >= 0.6 is 24.0 Å². The molecule has 1 aliphatic carbocycles. The second-order valence-electron chi connectivity index (χ2n) is 6.06. The maximum Gasteiger partial charge on any atom is 0.190 e. The summed E-state index contributed by atoms with van der Waals surface area (Å²) in [6, 6.07) is 0. The van der Waals surface area contributed by atoms with Gasteiger partial charge < -0.3 is 20.1 Å². The fraction of sp³-hybridized carbons (Fsp3) is 0.941. The van der Waals surface area contributed by atoms with E-state index in [4.69, 9.17) is 9.47 Å². The first kappa shape index (κ1) is 22.9. The molecule has 0 aliphatic heterocycles. The van der Waals surface area contributed by atoms with Gasteiger partial charge in [-0.1, -0.05) is 12.8 Å². The molecule has 0 radical (unpaired) electrons. The molecule has 0 atom stereocenters. The van der Waals surface area contributed by atoms with E-state index in [9.17, 15) is 0 Å². The second kappa shape index (κ2) is 14.3. The van der Waals surface area contributed by atoms with Crippen molar-refractivity contribution in [3.05, 3.63) is 0 Å². The van der Waals surface area contributed by atoms with Crippen molar-refractivity contribution >= 4 is 29.9 Å². The molecule has 1 rings (SSSR count). The Morgan fingerprint density at radius 2 is 1.70 bits per heavy atom. The number of nitrogens with zero attached hydrogens (tertiary/aromatic N) is 1. The van der Waals surface area contributed by atoms with Crippen molar-refractivity contribution in [1.82, 2.24) is 10.6 Å². The summed E-state index contributed by atoms with van der Waals surface area (Å²) in [5.74, 6) is 0.902. The summed E-state index contributed by atoms with van der Waals surface area (Å²) in [5, 5.41) is 6.88. The first-order chi connectivity index (χ1) is 10.8. The van der Waals surface area contributed by atoms with Crippen molar-refractivity contribution in [2.24, 2.45) is 10.4 Å². The zero-order valence-electron chi connectivity index (χ0n) is 15.2. The fourth-order valence-electron chi connectivity index (χ4n) is 3.09. The van der Waals surface area contributed by atoms with E-state index in [-0.39, 0.29) is 24.0 Å². The standard InChI is InChI=1S/C17H35N3O2.HI/c1-4-21-13-8-12-19-16(18-3)20-15-17(9-6-7-10-17)11-14-22-5-2;/h4-15H2,1-3H3,(H2,18,19,20);1H. The number of aliphatic imine (C=N–C) groups is 1. The molecule has 1 aliphatic rings. The van der Waals surface area contributed by atoms with E-state index in [1.54, 1.807) is 0 Å². The van der Waals surface area contributed by atoms with Crippen LogP contribution in [0.4, 0.5) is 0 Å². The number of halogens is 1. The van der Waals surface area contributed by atoms with Gasteiger partial charge in [-0.2, -0.15) is 0 Å². The minimum atomic E-state index is 0. The summed E-state index contributed by atoms with van der Waals surface area (Å²) in [6.07, 6.45) is 7.43. The first-order valence-electron chi connectivity index (χ1n) is 8.86. The third kappa shape index (κ3) is 9.72. The predicted octanol–water partition coefficient (Wildman–Crippen LogP) is 3.18. The van der Waals surface area contributed by atoms with Crippen molar-refractivity contribution in [3.63, 3.8) is 0 Å². The molecule has 0 bridgehead atoms. The van der Waals surface area contributed by atoms with Crippen LogP contribution in [0, 0.1) is 5.41 Å². The molecule has 5 nitrogen and oxygen atoms in total. The number of ether oxygens (including phenoxy) is 2. The lowest BCUT2D eigenvalue weighted by atomic mass is 9.83. The van der Waals surface area contributed by atoms with Crippen LogP contribution < -0.4 is 10.6 Å². The Morgan fingerprint density at radius 1 is 1.04 bits per heavy atom. The minimum Gasteiger partial charge on any atom is -0.382 e. The van der Waals surface area contributed by atoms with Gasteiger partial charge in [0.2, 0.25) is 0 Å². The van der Waals surface area contributed by atoms with Gasteiger partial charge in [-0.3, -0.25) is 4.99 Å². The maximum absolute atomic E-state index is 5.57. The largest absolute Gasteiger partial charge is 0.382 e. The molecule has 1 fully saturated rings. The van der Waals surface area contributed by atoms with Gasteiger partial charge in [0.05, 0.1) is 0 Å². The molecule has 0 aromatic rings. The molecule has 0 unspecified atom stereocenters. The van der Waals surface area contributed by atoms with Crippen LogP contribution in [-0.2, 0) is 9.47 Å². The quantitative estimate of drug-likeness (QED) is 0.224. The van der Waals surface area contributed by atoms with Crippen molar-refractivity contribution in [1.29, 1.82) is 0 Å². The Balaban J connectivity index is 0.00000484. The van der Waals surface area contributed by atoms with E-state index >= 15 is 0 Å². The van der Waals surface area contributed by atoms with E-state index in [0.717, 1.165) is 58.3 Å². The molecule has 0 amide bonds. The Morgan fingerprint density at radius 3 is 2.30 bits per heavy atom. The molecule has 2 N–H and O–H groups in total. The second-order valence-corrected chi connectivity index (χ2v) is 6.06. The highest BCUT2D eigenvalue weighted by Crippen LogP contribution is 2.40. The SMILES string of the molecule is CCOCCCNC(=NC)NCC1(CCOCC)CCCC1.I. The smallest absolute Gasteiger partial charge is 0.190 e. The molecule has 23 heavy (non-hydrogen) atoms. The summed E-state index contributed by atoms with van der Waals surface area (Å²) in [5.41, 5.74) is 0.387. The highest BCUT2D eigenvalue weighted by atomic mass is 127. The highest BCUT2D eigenvalue weighted by molar-refractivity contribution is 14.0. The lowest BCUT2D eigenvalue weighted by Gasteiger charge is -2.30. The molecule has 0 aromatic carbocycles. The Kier molecular flexibility index (Phi) is 14.2. The van der Waals surface area contributed by atoms with Crippen LogP contribution in [0.15, 0.2) is 4.99 Å². The lowest BCUT2D eigenvalue weighted by Crippen LogP contribution is -2.43. The van der Waals surface area contributed by atoms with Gasteiger partial charge in [0.15, 0.2) is 5.96 Å². The van der Waals surface area contributed by atoms with Gasteiger partial charge in [0, 0.05) is 46.6 Å². The molecule has 0 saturated heterocycles. The van der Waals surface area contributed by atoms with Crippen molar-refractivity contribution in [3.8, 4) is 0 Å². The Bertz CT molecular complexity index is 308. The average molecular weight is 441 g/mol. The normalized spacial score (nSPS) is 16.9. The Hall–Kier alpha value is -0.0800. The molecular weight excluding hydrogens is 405 g/mol. The van der Waals surface area contributed by atoms with Crippen molar-refractivity contribution in [2.45, 2.75) is 52.4 Å². The summed E-state index contributed by atoms with van der Waals surface area (Å²) in [6.45, 7) is 9.25. The van der Waals surface area contributed by atoms with Crippen molar-refractivity contribution < 1.29 is 9.47 Å². The number of rotatable bonds is 11. The Labute approximate surface area is 159 Å². The summed E-state index contributed by atoms with van der Waals surface area (Å²) < 4.78 is 10.9. The zero-order valence-corrected chi connectivity index (χ0v) is 17.5. The van der Waals surface area contributed by atoms with Crippen LogP contribution in [0.2, 0.25) is 0 Å². The lowest BCUT2D eigenvalue weighted by molar-refractivity contribution is 0.105. The molecule has 6 heteroatoms. The molecule has 138 valence electrons. The number of nitrogens with one attached hydrogen (secondary N) is 2. The van der Waals surface area contributed by atoms with Crippen molar-refractivity contribution in [2.75, 3.05) is 46.6 Å². The van der Waals surface area contributed by atoms with Crippen LogP contribution in [-0.4, -0.2) is 52.5 Å². The third-order valence-corrected chi connectivity index (χ3v) is 4.46. The summed E-state index contributed by atoms with van der Waals surface area (Å²) in [7, 11) is 1.83. The molecule has 0 aromatic heterocycles. The maximum atomic E-state index is 5.57. The third-order valence-electron chi connectivity index (χ3n) is 4.46. The van der Waals surface area contributed by atoms with Crippen LogP contribution in [0.5, 0.6) is 0 Å². The molecule has 0 heterocycles. The number of guanidine groups is 1. The molecule has 1 saturated carbocycles. The highest BCUT2D eigenvalue weighted by Gasteiger charge is 2.33. The fourth-order valence-corrected chi connectivity index (χ4v) is 3.09. The molecule has 0 spiro atoms. The number of hydrogen-bond donors (Lipinski definition) is 2. The van der Waals surface area contributed by atoms with Gasteiger partial charge in [-0.05, 0) is 44.9 Å². The zero-order chi connectivity index (χ0) is 16.1. The van der Waals surface area contributed by atoms with E-state index < -0.39 is 0 Å². The van der Waals surface area contributed by atoms with Gasteiger partial charge >= 0.3 is 0 Å². The van der Waals surface area contributed by atoms with Crippen LogP contribution in [0.3, 0.4) is 0 Å². The van der Waals surface area contributed by atoms with Crippen LogP contribution in [0.1, 0.15) is 52.4 Å². The monoisotopic (exact) mass is 441 g/mol. The number of hydrogen-bond acceptors (Lipinski definition) is 3. The van der Waals surface area contributed by atoms with Gasteiger partial charge in [-0.15, -0.1) is 24.0 Å².